The van der Waals surface area contributed by atoms with E-state index in [2.05, 4.69) is 16.9 Å². The number of allylic oxidation sites excluding steroid dienone is 2. The monoisotopic (exact) mass is 277 g/mol. The molecule has 19 heavy (non-hydrogen) atoms. The van der Waals surface area contributed by atoms with Crippen LogP contribution < -0.4 is 4.72 Å². The van der Waals surface area contributed by atoms with E-state index >= 15 is 0 Å². The molecule has 0 amide bonds. The molecule has 0 heterocycles. The van der Waals surface area contributed by atoms with Crippen LogP contribution in [0.15, 0.2) is 41.3 Å². The van der Waals surface area contributed by atoms with Gasteiger partial charge in [-0.15, -0.1) is 0 Å². The molecule has 2 aliphatic carbocycles. The van der Waals surface area contributed by atoms with E-state index in [1.165, 1.54) is 6.42 Å². The van der Waals surface area contributed by atoms with Crippen LogP contribution in [-0.2, 0) is 10.0 Å². The second kappa shape index (κ2) is 4.76. The molecule has 3 rings (SSSR count). The first kappa shape index (κ1) is 12.9. The molecule has 0 radical (unpaired) electrons. The largest absolute Gasteiger partial charge is 0.240 e. The predicted octanol–water partition coefficient (Wildman–Crippen LogP) is 2.49. The van der Waals surface area contributed by atoms with Crippen molar-refractivity contribution >= 4 is 10.0 Å². The van der Waals surface area contributed by atoms with Crippen molar-refractivity contribution in [3.63, 3.8) is 0 Å². The normalized spacial score (nSPS) is 29.0. The quantitative estimate of drug-likeness (QED) is 0.859. The third kappa shape index (κ3) is 2.60. The highest BCUT2D eigenvalue weighted by Crippen LogP contribution is 2.43. The van der Waals surface area contributed by atoms with Crippen LogP contribution in [0.4, 0.5) is 0 Å². The van der Waals surface area contributed by atoms with Gasteiger partial charge in [0.1, 0.15) is 0 Å². The molecule has 1 aromatic carbocycles. The van der Waals surface area contributed by atoms with E-state index in [-0.39, 0.29) is 0 Å². The molecule has 3 nitrogen and oxygen atoms in total. The number of benzene rings is 1. The standard InChI is InChI=1S/C15H19NO2S/c1-11-2-6-15(7-3-11)19(17,18)16-10-14-9-12-4-5-13(14)8-12/h2-7,12-14,16H,8-10H2,1H3. The van der Waals surface area contributed by atoms with Crippen molar-refractivity contribution in [1.29, 1.82) is 0 Å². The highest BCUT2D eigenvalue weighted by Gasteiger charge is 2.35. The maximum atomic E-state index is 12.2. The van der Waals surface area contributed by atoms with Crippen molar-refractivity contribution in [2.75, 3.05) is 6.54 Å². The van der Waals surface area contributed by atoms with Crippen molar-refractivity contribution in [3.05, 3.63) is 42.0 Å². The van der Waals surface area contributed by atoms with Gasteiger partial charge in [0.2, 0.25) is 10.0 Å². The fourth-order valence-corrected chi connectivity index (χ4v) is 4.24. The van der Waals surface area contributed by atoms with Gasteiger partial charge in [-0.2, -0.15) is 0 Å². The van der Waals surface area contributed by atoms with Gasteiger partial charge >= 0.3 is 0 Å². The topological polar surface area (TPSA) is 46.2 Å². The zero-order valence-corrected chi connectivity index (χ0v) is 11.9. The molecule has 0 spiro atoms. The van der Waals surface area contributed by atoms with Gasteiger partial charge in [-0.1, -0.05) is 29.8 Å². The Bertz CT molecular complexity index is 589. The lowest BCUT2D eigenvalue weighted by molar-refractivity contribution is 0.440. The minimum atomic E-state index is -3.36. The highest BCUT2D eigenvalue weighted by molar-refractivity contribution is 7.89. The lowest BCUT2D eigenvalue weighted by atomic mass is 9.94. The Labute approximate surface area is 114 Å². The molecule has 3 unspecified atom stereocenters. The maximum Gasteiger partial charge on any atom is 0.240 e. The molecular weight excluding hydrogens is 258 g/mol. The number of fused-ring (bicyclic) bond motifs is 2. The van der Waals surface area contributed by atoms with E-state index < -0.39 is 10.0 Å². The Hall–Kier alpha value is -1.13. The van der Waals surface area contributed by atoms with E-state index in [4.69, 9.17) is 0 Å². The third-order valence-electron chi connectivity index (χ3n) is 4.28. The van der Waals surface area contributed by atoms with Gasteiger partial charge in [-0.3, -0.25) is 0 Å². The molecule has 0 saturated heterocycles. The molecule has 102 valence electrons. The van der Waals surface area contributed by atoms with Crippen LogP contribution in [0.2, 0.25) is 0 Å². The molecule has 3 atom stereocenters. The van der Waals surface area contributed by atoms with Crippen LogP contribution in [0, 0.1) is 24.7 Å². The van der Waals surface area contributed by atoms with Crippen LogP contribution in [0.1, 0.15) is 18.4 Å². The fraction of sp³-hybridized carbons (Fsp3) is 0.467. The summed E-state index contributed by atoms with van der Waals surface area (Å²) in [5.41, 5.74) is 1.07. The van der Waals surface area contributed by atoms with Gasteiger partial charge in [-0.05, 0) is 49.7 Å². The second-order valence-electron chi connectivity index (χ2n) is 5.71. The summed E-state index contributed by atoms with van der Waals surface area (Å²) in [7, 11) is -3.36. The zero-order valence-electron chi connectivity index (χ0n) is 11.0. The Kier molecular flexibility index (Phi) is 3.23. The van der Waals surface area contributed by atoms with Crippen LogP contribution in [0.25, 0.3) is 0 Å². The Morgan fingerprint density at radius 1 is 1.16 bits per heavy atom. The minimum absolute atomic E-state index is 0.358. The average molecular weight is 277 g/mol. The Morgan fingerprint density at radius 3 is 2.47 bits per heavy atom. The number of hydrogen-bond acceptors (Lipinski definition) is 2. The van der Waals surface area contributed by atoms with Crippen molar-refractivity contribution in [2.45, 2.75) is 24.7 Å². The van der Waals surface area contributed by atoms with Crippen LogP contribution in [0.3, 0.4) is 0 Å². The first-order valence-corrected chi connectivity index (χ1v) is 8.27. The van der Waals surface area contributed by atoms with E-state index in [0.29, 0.717) is 29.2 Å². The molecule has 0 aromatic heterocycles. The average Bonchev–Trinajstić information content (AvgIpc) is 2.99. The summed E-state index contributed by atoms with van der Waals surface area (Å²) in [6.45, 7) is 2.51. The van der Waals surface area contributed by atoms with Gasteiger partial charge in [0.15, 0.2) is 0 Å². The molecule has 0 aliphatic heterocycles. The number of hydrogen-bond donors (Lipinski definition) is 1. The summed E-state index contributed by atoms with van der Waals surface area (Å²) in [4.78, 5) is 0.358. The van der Waals surface area contributed by atoms with Crippen LogP contribution >= 0.6 is 0 Å². The van der Waals surface area contributed by atoms with Gasteiger partial charge in [0.05, 0.1) is 4.90 Å². The Morgan fingerprint density at radius 2 is 1.89 bits per heavy atom. The lowest BCUT2D eigenvalue weighted by Crippen LogP contribution is -2.31. The van der Waals surface area contributed by atoms with Gasteiger partial charge in [0.25, 0.3) is 0 Å². The second-order valence-corrected chi connectivity index (χ2v) is 7.47. The number of rotatable bonds is 4. The van der Waals surface area contributed by atoms with Crippen LogP contribution in [0.5, 0.6) is 0 Å². The molecule has 1 N–H and O–H groups in total. The van der Waals surface area contributed by atoms with Gasteiger partial charge in [-0.25, -0.2) is 13.1 Å². The maximum absolute atomic E-state index is 12.2. The molecule has 1 aromatic rings. The van der Waals surface area contributed by atoms with Crippen molar-refractivity contribution in [2.24, 2.45) is 17.8 Å². The third-order valence-corrected chi connectivity index (χ3v) is 5.72. The summed E-state index contributed by atoms with van der Waals surface area (Å²) in [5.74, 6) is 1.72. The van der Waals surface area contributed by atoms with E-state index in [0.717, 1.165) is 12.0 Å². The highest BCUT2D eigenvalue weighted by atomic mass is 32.2. The molecule has 4 heteroatoms. The molecule has 2 aliphatic rings. The molecule has 2 bridgehead atoms. The zero-order chi connectivity index (χ0) is 13.5. The van der Waals surface area contributed by atoms with Crippen LogP contribution in [-0.4, -0.2) is 15.0 Å². The van der Waals surface area contributed by atoms with Crippen molar-refractivity contribution in [1.82, 2.24) is 4.72 Å². The molecular formula is C15H19NO2S. The summed E-state index contributed by atoms with van der Waals surface area (Å²) in [6.07, 6.45) is 6.85. The van der Waals surface area contributed by atoms with E-state index in [9.17, 15) is 8.42 Å². The van der Waals surface area contributed by atoms with E-state index in [1.54, 1.807) is 12.1 Å². The SMILES string of the molecule is Cc1ccc(S(=O)(=O)NCC2CC3C=CC2C3)cc1. The number of nitrogens with one attached hydrogen (secondary N) is 1. The summed E-state index contributed by atoms with van der Waals surface area (Å²) < 4.78 is 27.1. The Balaban J connectivity index is 1.66. The first-order chi connectivity index (χ1) is 9.04. The smallest absolute Gasteiger partial charge is 0.211 e. The van der Waals surface area contributed by atoms with Gasteiger partial charge < -0.3 is 0 Å². The molecule has 1 fully saturated rings. The van der Waals surface area contributed by atoms with Crippen molar-refractivity contribution < 1.29 is 8.42 Å². The lowest BCUT2D eigenvalue weighted by Gasteiger charge is -2.18. The number of aryl methyl sites for hydroxylation is 1. The minimum Gasteiger partial charge on any atom is -0.211 e. The van der Waals surface area contributed by atoms with Crippen molar-refractivity contribution in [3.8, 4) is 0 Å². The summed E-state index contributed by atoms with van der Waals surface area (Å²) >= 11 is 0. The van der Waals surface area contributed by atoms with Gasteiger partial charge in [0, 0.05) is 6.54 Å². The first-order valence-electron chi connectivity index (χ1n) is 6.79. The van der Waals surface area contributed by atoms with E-state index in [1.807, 2.05) is 19.1 Å². The molecule has 1 saturated carbocycles. The fourth-order valence-electron chi connectivity index (χ4n) is 3.15. The number of sulfonamides is 1. The predicted molar refractivity (Wildman–Crippen MR) is 75.2 cm³/mol. The summed E-state index contributed by atoms with van der Waals surface area (Å²) in [5, 5.41) is 0. The summed E-state index contributed by atoms with van der Waals surface area (Å²) in [6, 6.07) is 6.99.